The molecule has 0 heterocycles. The molecule has 0 aliphatic heterocycles. The highest BCUT2D eigenvalue weighted by Crippen LogP contribution is 2.26. The van der Waals surface area contributed by atoms with Gasteiger partial charge in [0.15, 0.2) is 0 Å². The van der Waals surface area contributed by atoms with Gasteiger partial charge in [-0.15, -0.1) is 0 Å². The third kappa shape index (κ3) is 2.07. The standard InChI is InChI=1S/C11H16/c1-4-5-10-6-7-11(8-10)9(2)3/h6-7H,2,4-5,8H2,1,3H3. The van der Waals surface area contributed by atoms with E-state index < -0.39 is 0 Å². The van der Waals surface area contributed by atoms with Crippen molar-refractivity contribution in [2.75, 3.05) is 0 Å². The van der Waals surface area contributed by atoms with Crippen molar-refractivity contribution in [3.63, 3.8) is 0 Å². The van der Waals surface area contributed by atoms with Gasteiger partial charge in [-0.05, 0) is 25.3 Å². The van der Waals surface area contributed by atoms with Gasteiger partial charge in [0.25, 0.3) is 0 Å². The van der Waals surface area contributed by atoms with Crippen LogP contribution in [0.15, 0.2) is 35.5 Å². The Balaban J connectivity index is 2.45. The fourth-order valence-corrected chi connectivity index (χ4v) is 1.37. The van der Waals surface area contributed by atoms with Crippen LogP contribution in [0.3, 0.4) is 0 Å². The first kappa shape index (κ1) is 8.32. The summed E-state index contributed by atoms with van der Waals surface area (Å²) in [6.07, 6.45) is 8.08. The van der Waals surface area contributed by atoms with E-state index in [2.05, 4.69) is 32.6 Å². The van der Waals surface area contributed by atoms with Gasteiger partial charge < -0.3 is 0 Å². The Morgan fingerprint density at radius 2 is 2.27 bits per heavy atom. The van der Waals surface area contributed by atoms with Crippen LogP contribution >= 0.6 is 0 Å². The molecular weight excluding hydrogens is 132 g/mol. The van der Waals surface area contributed by atoms with Crippen LogP contribution in [-0.4, -0.2) is 0 Å². The van der Waals surface area contributed by atoms with Gasteiger partial charge in [0.1, 0.15) is 0 Å². The lowest BCUT2D eigenvalue weighted by molar-refractivity contribution is 0.878. The van der Waals surface area contributed by atoms with Crippen LogP contribution in [0, 0.1) is 0 Å². The monoisotopic (exact) mass is 148 g/mol. The molecular formula is C11H16. The molecule has 0 radical (unpaired) electrons. The largest absolute Gasteiger partial charge is 0.0958 e. The van der Waals surface area contributed by atoms with Crippen molar-refractivity contribution in [3.8, 4) is 0 Å². The van der Waals surface area contributed by atoms with Gasteiger partial charge in [0.2, 0.25) is 0 Å². The van der Waals surface area contributed by atoms with Crippen LogP contribution in [0.5, 0.6) is 0 Å². The Hall–Kier alpha value is -0.780. The minimum atomic E-state index is 1.14. The maximum atomic E-state index is 3.93. The van der Waals surface area contributed by atoms with Crippen LogP contribution in [-0.2, 0) is 0 Å². The summed E-state index contributed by atoms with van der Waals surface area (Å²) in [5.41, 5.74) is 4.19. The molecule has 0 atom stereocenters. The summed E-state index contributed by atoms with van der Waals surface area (Å²) < 4.78 is 0. The van der Waals surface area contributed by atoms with Crippen LogP contribution in [0.25, 0.3) is 0 Å². The van der Waals surface area contributed by atoms with E-state index in [1.807, 2.05) is 0 Å². The second-order valence-corrected chi connectivity index (χ2v) is 3.22. The van der Waals surface area contributed by atoms with Crippen molar-refractivity contribution < 1.29 is 0 Å². The zero-order chi connectivity index (χ0) is 8.27. The third-order valence-corrected chi connectivity index (χ3v) is 2.06. The van der Waals surface area contributed by atoms with E-state index >= 15 is 0 Å². The predicted octanol–water partition coefficient (Wildman–Crippen LogP) is 3.62. The maximum Gasteiger partial charge on any atom is -0.00616 e. The van der Waals surface area contributed by atoms with E-state index in [9.17, 15) is 0 Å². The summed E-state index contributed by atoms with van der Waals surface area (Å²) in [7, 11) is 0. The molecule has 1 rings (SSSR count). The Labute approximate surface area is 69.3 Å². The van der Waals surface area contributed by atoms with Crippen molar-refractivity contribution in [3.05, 3.63) is 35.5 Å². The Morgan fingerprint density at radius 1 is 1.55 bits per heavy atom. The molecule has 0 fully saturated rings. The second kappa shape index (κ2) is 3.56. The van der Waals surface area contributed by atoms with E-state index in [1.165, 1.54) is 24.0 Å². The van der Waals surface area contributed by atoms with Gasteiger partial charge in [-0.25, -0.2) is 0 Å². The van der Waals surface area contributed by atoms with E-state index in [0.29, 0.717) is 0 Å². The first-order valence-corrected chi connectivity index (χ1v) is 4.28. The van der Waals surface area contributed by atoms with Crippen molar-refractivity contribution in [2.24, 2.45) is 0 Å². The van der Waals surface area contributed by atoms with Gasteiger partial charge in [-0.3, -0.25) is 0 Å². The fourth-order valence-electron chi connectivity index (χ4n) is 1.37. The lowest BCUT2D eigenvalue weighted by Gasteiger charge is -2.02. The molecule has 0 bridgehead atoms. The molecule has 0 heteroatoms. The quantitative estimate of drug-likeness (QED) is 0.573. The van der Waals surface area contributed by atoms with Crippen LogP contribution in [0.1, 0.15) is 33.1 Å². The zero-order valence-electron chi connectivity index (χ0n) is 7.48. The molecule has 11 heavy (non-hydrogen) atoms. The highest BCUT2D eigenvalue weighted by atomic mass is 14.1. The summed E-state index contributed by atoms with van der Waals surface area (Å²) in [6, 6.07) is 0. The summed E-state index contributed by atoms with van der Waals surface area (Å²) in [6.45, 7) is 8.23. The van der Waals surface area contributed by atoms with E-state index in [-0.39, 0.29) is 0 Å². The van der Waals surface area contributed by atoms with Crippen LogP contribution in [0.2, 0.25) is 0 Å². The lowest BCUT2D eigenvalue weighted by Crippen LogP contribution is -1.83. The van der Waals surface area contributed by atoms with Crippen molar-refractivity contribution in [2.45, 2.75) is 33.1 Å². The molecule has 0 aromatic heterocycles. The molecule has 0 aromatic rings. The zero-order valence-corrected chi connectivity index (χ0v) is 7.48. The topological polar surface area (TPSA) is 0 Å². The molecule has 60 valence electrons. The molecule has 0 unspecified atom stereocenters. The summed E-state index contributed by atoms with van der Waals surface area (Å²) in [4.78, 5) is 0. The number of hydrogen-bond donors (Lipinski definition) is 0. The first-order chi connectivity index (χ1) is 5.24. The molecule has 0 saturated carbocycles. The summed E-state index contributed by atoms with van der Waals surface area (Å²) >= 11 is 0. The molecule has 1 aliphatic carbocycles. The molecule has 0 nitrogen and oxygen atoms in total. The number of allylic oxidation sites excluding steroid dienone is 5. The maximum absolute atomic E-state index is 3.93. The first-order valence-electron chi connectivity index (χ1n) is 4.28. The predicted molar refractivity (Wildman–Crippen MR) is 50.5 cm³/mol. The highest BCUT2D eigenvalue weighted by molar-refractivity contribution is 5.40. The van der Waals surface area contributed by atoms with Gasteiger partial charge >= 0.3 is 0 Å². The minimum Gasteiger partial charge on any atom is -0.0958 e. The summed E-state index contributed by atoms with van der Waals surface area (Å²) in [5, 5.41) is 0. The van der Waals surface area contributed by atoms with Gasteiger partial charge in [0, 0.05) is 0 Å². The highest BCUT2D eigenvalue weighted by Gasteiger charge is 2.06. The Bertz CT molecular complexity index is 216. The van der Waals surface area contributed by atoms with E-state index in [4.69, 9.17) is 0 Å². The molecule has 1 aliphatic rings. The molecule has 0 N–H and O–H groups in total. The summed E-state index contributed by atoms with van der Waals surface area (Å²) in [5.74, 6) is 0. The van der Waals surface area contributed by atoms with Crippen LogP contribution in [0.4, 0.5) is 0 Å². The lowest BCUT2D eigenvalue weighted by atomic mass is 10.0. The molecule has 0 saturated heterocycles. The van der Waals surface area contributed by atoms with Gasteiger partial charge in [-0.2, -0.15) is 0 Å². The average molecular weight is 148 g/mol. The van der Waals surface area contributed by atoms with E-state index in [1.54, 1.807) is 5.57 Å². The SMILES string of the molecule is C=C(C)C1=CC=C(CCC)C1. The Kier molecular flexibility index (Phi) is 2.70. The number of rotatable bonds is 3. The minimum absolute atomic E-state index is 1.14. The van der Waals surface area contributed by atoms with E-state index in [0.717, 1.165) is 6.42 Å². The second-order valence-electron chi connectivity index (χ2n) is 3.22. The van der Waals surface area contributed by atoms with Gasteiger partial charge in [0.05, 0.1) is 0 Å². The normalized spacial score (nSPS) is 16.2. The van der Waals surface area contributed by atoms with Crippen molar-refractivity contribution >= 4 is 0 Å². The smallest absolute Gasteiger partial charge is 0.00616 e. The molecule has 0 spiro atoms. The van der Waals surface area contributed by atoms with Gasteiger partial charge in [-0.1, -0.05) is 43.2 Å². The number of hydrogen-bond acceptors (Lipinski definition) is 0. The Morgan fingerprint density at radius 3 is 2.73 bits per heavy atom. The molecule has 0 amide bonds. The van der Waals surface area contributed by atoms with Crippen LogP contribution < -0.4 is 0 Å². The molecule has 0 aromatic carbocycles. The fraction of sp³-hybridized carbons (Fsp3) is 0.455. The average Bonchev–Trinajstić information content (AvgIpc) is 2.37. The van der Waals surface area contributed by atoms with Crippen molar-refractivity contribution in [1.29, 1.82) is 0 Å². The van der Waals surface area contributed by atoms with Crippen molar-refractivity contribution in [1.82, 2.24) is 0 Å². The third-order valence-electron chi connectivity index (χ3n) is 2.06.